The molecule has 0 aliphatic carbocycles. The summed E-state index contributed by atoms with van der Waals surface area (Å²) in [5, 5.41) is 4.53. The van der Waals surface area contributed by atoms with Crippen LogP contribution in [0.3, 0.4) is 0 Å². The third-order valence-electron chi connectivity index (χ3n) is 6.40. The van der Waals surface area contributed by atoms with E-state index < -0.39 is 0 Å². The summed E-state index contributed by atoms with van der Waals surface area (Å²) in [6, 6.07) is 22.9. The summed E-state index contributed by atoms with van der Waals surface area (Å²) in [6.07, 6.45) is 0. The van der Waals surface area contributed by atoms with Crippen LogP contribution in [0.4, 0.5) is 5.69 Å². The van der Waals surface area contributed by atoms with E-state index in [0.717, 1.165) is 47.4 Å². The molecule has 1 saturated heterocycles. The van der Waals surface area contributed by atoms with Gasteiger partial charge < -0.3 is 15.2 Å². The number of aromatic nitrogens is 1. The highest BCUT2D eigenvalue weighted by Gasteiger charge is 2.23. The molecule has 0 bridgehead atoms. The van der Waals surface area contributed by atoms with Crippen molar-refractivity contribution in [3.63, 3.8) is 0 Å². The number of aryl methyl sites for hydroxylation is 1. The second kappa shape index (κ2) is 9.94. The van der Waals surface area contributed by atoms with Crippen LogP contribution in [0.25, 0.3) is 10.9 Å². The summed E-state index contributed by atoms with van der Waals surface area (Å²) in [4.78, 5) is 32.9. The van der Waals surface area contributed by atoms with Crippen LogP contribution in [0.15, 0.2) is 72.8 Å². The number of amides is 2. The lowest BCUT2D eigenvalue weighted by atomic mass is 10.1. The lowest BCUT2D eigenvalue weighted by molar-refractivity contribution is 0.0623. The number of carbonyl (C=O) groups is 2. The van der Waals surface area contributed by atoms with Crippen molar-refractivity contribution in [2.24, 2.45) is 0 Å². The number of aromatic amines is 1. The molecule has 7 heteroatoms. The number of piperazine rings is 1. The number of anilines is 1. The van der Waals surface area contributed by atoms with Crippen molar-refractivity contribution in [2.75, 3.05) is 31.5 Å². The lowest BCUT2D eigenvalue weighted by Gasteiger charge is -2.34. The van der Waals surface area contributed by atoms with Gasteiger partial charge in [-0.05, 0) is 61.0 Å². The Bertz CT molecular complexity index is 1350. The average molecular weight is 487 g/mol. The van der Waals surface area contributed by atoms with Crippen LogP contribution < -0.4 is 5.32 Å². The smallest absolute Gasteiger partial charge is 0.270 e. The predicted molar refractivity (Wildman–Crippen MR) is 140 cm³/mol. The van der Waals surface area contributed by atoms with E-state index in [0.29, 0.717) is 29.4 Å². The SMILES string of the molecule is Cc1ccc(NC(=O)c2ccc(CN3CCN(C(=O)c4cc5cc(Cl)ccc5[nH]4)CC3)cc2)cc1. The van der Waals surface area contributed by atoms with Gasteiger partial charge in [0.2, 0.25) is 0 Å². The van der Waals surface area contributed by atoms with Crippen LogP contribution in [-0.4, -0.2) is 52.8 Å². The first kappa shape index (κ1) is 23.1. The van der Waals surface area contributed by atoms with Crippen LogP contribution in [-0.2, 0) is 6.54 Å². The van der Waals surface area contributed by atoms with Crippen LogP contribution in [0.5, 0.6) is 0 Å². The molecule has 1 aromatic heterocycles. The molecule has 1 fully saturated rings. The summed E-state index contributed by atoms with van der Waals surface area (Å²) in [5.74, 6) is -0.104. The maximum atomic E-state index is 13.0. The fourth-order valence-electron chi connectivity index (χ4n) is 4.36. The number of rotatable bonds is 5. The molecule has 0 unspecified atom stereocenters. The van der Waals surface area contributed by atoms with Crippen molar-refractivity contribution in [2.45, 2.75) is 13.5 Å². The average Bonchev–Trinajstić information content (AvgIpc) is 3.29. The number of hydrogen-bond donors (Lipinski definition) is 2. The Morgan fingerprint density at radius 1 is 0.914 bits per heavy atom. The standard InChI is InChI=1S/C28H27ClN4O2/c1-19-2-9-24(10-3-19)30-27(34)21-6-4-20(5-7-21)18-32-12-14-33(15-13-32)28(35)26-17-22-16-23(29)8-11-25(22)31-26/h2-11,16-17,31H,12-15,18H2,1H3,(H,30,34). The number of nitrogens with zero attached hydrogens (tertiary/aromatic N) is 2. The molecule has 0 spiro atoms. The number of halogens is 1. The lowest BCUT2D eigenvalue weighted by Crippen LogP contribution is -2.48. The first-order valence-electron chi connectivity index (χ1n) is 11.7. The largest absolute Gasteiger partial charge is 0.351 e. The number of benzene rings is 3. The van der Waals surface area contributed by atoms with Crippen LogP contribution >= 0.6 is 11.6 Å². The minimum Gasteiger partial charge on any atom is -0.351 e. The van der Waals surface area contributed by atoms with Crippen LogP contribution in [0.1, 0.15) is 32.0 Å². The Morgan fingerprint density at radius 3 is 2.34 bits per heavy atom. The highest BCUT2D eigenvalue weighted by atomic mass is 35.5. The molecule has 0 radical (unpaired) electrons. The van der Waals surface area contributed by atoms with Crippen molar-refractivity contribution in [1.29, 1.82) is 0 Å². The van der Waals surface area contributed by atoms with Gasteiger partial charge in [0, 0.05) is 59.9 Å². The maximum Gasteiger partial charge on any atom is 0.270 e. The Balaban J connectivity index is 1.14. The third kappa shape index (κ3) is 5.39. The highest BCUT2D eigenvalue weighted by Crippen LogP contribution is 2.21. The molecule has 4 aromatic rings. The van der Waals surface area contributed by atoms with Crippen LogP contribution in [0, 0.1) is 6.92 Å². The van der Waals surface area contributed by atoms with E-state index in [9.17, 15) is 9.59 Å². The van der Waals surface area contributed by atoms with E-state index >= 15 is 0 Å². The summed E-state index contributed by atoms with van der Waals surface area (Å²) < 4.78 is 0. The van der Waals surface area contributed by atoms with Gasteiger partial charge in [-0.1, -0.05) is 41.4 Å². The fourth-order valence-corrected chi connectivity index (χ4v) is 4.54. The number of hydrogen-bond acceptors (Lipinski definition) is 3. The molecule has 0 atom stereocenters. The van der Waals surface area contributed by atoms with Crippen molar-refractivity contribution in [3.8, 4) is 0 Å². The summed E-state index contributed by atoms with van der Waals surface area (Å²) in [5.41, 5.74) is 5.21. The Kier molecular flexibility index (Phi) is 6.57. The summed E-state index contributed by atoms with van der Waals surface area (Å²) in [7, 11) is 0. The zero-order chi connectivity index (χ0) is 24.4. The molecule has 2 N–H and O–H groups in total. The Labute approximate surface area is 209 Å². The minimum absolute atomic E-state index is 0.0147. The van der Waals surface area contributed by atoms with Crippen molar-refractivity contribution < 1.29 is 9.59 Å². The normalized spacial score (nSPS) is 14.3. The first-order valence-corrected chi connectivity index (χ1v) is 12.1. The van der Waals surface area contributed by atoms with Gasteiger partial charge in [0.25, 0.3) is 11.8 Å². The monoisotopic (exact) mass is 486 g/mol. The van der Waals surface area contributed by atoms with E-state index in [1.807, 2.05) is 84.6 Å². The van der Waals surface area contributed by atoms with E-state index in [2.05, 4.69) is 15.2 Å². The number of fused-ring (bicyclic) bond motifs is 1. The molecule has 5 rings (SSSR count). The number of H-pyrrole nitrogens is 1. The van der Waals surface area contributed by atoms with Crippen molar-refractivity contribution in [1.82, 2.24) is 14.8 Å². The van der Waals surface area contributed by atoms with Gasteiger partial charge in [0.1, 0.15) is 5.69 Å². The molecule has 178 valence electrons. The third-order valence-corrected chi connectivity index (χ3v) is 6.64. The molecule has 0 saturated carbocycles. The molecule has 2 heterocycles. The molecule has 6 nitrogen and oxygen atoms in total. The molecule has 1 aliphatic rings. The van der Waals surface area contributed by atoms with Gasteiger partial charge in [-0.15, -0.1) is 0 Å². The van der Waals surface area contributed by atoms with E-state index in [4.69, 9.17) is 11.6 Å². The second-order valence-electron chi connectivity index (χ2n) is 9.00. The highest BCUT2D eigenvalue weighted by molar-refractivity contribution is 6.31. The zero-order valence-corrected chi connectivity index (χ0v) is 20.3. The van der Waals surface area contributed by atoms with Crippen molar-refractivity contribution in [3.05, 3.63) is 100 Å². The summed E-state index contributed by atoms with van der Waals surface area (Å²) >= 11 is 6.07. The number of nitrogens with one attached hydrogen (secondary N) is 2. The first-order chi connectivity index (χ1) is 16.9. The molecule has 3 aromatic carbocycles. The molecule has 1 aliphatic heterocycles. The quantitative estimate of drug-likeness (QED) is 0.400. The topological polar surface area (TPSA) is 68.4 Å². The van der Waals surface area contributed by atoms with Crippen molar-refractivity contribution >= 4 is 40.0 Å². The van der Waals surface area contributed by atoms with Crippen LogP contribution in [0.2, 0.25) is 5.02 Å². The minimum atomic E-state index is -0.119. The zero-order valence-electron chi connectivity index (χ0n) is 19.6. The Morgan fingerprint density at radius 2 is 1.63 bits per heavy atom. The Hall–Kier alpha value is -3.61. The van der Waals surface area contributed by atoms with Gasteiger partial charge in [-0.3, -0.25) is 14.5 Å². The molecule has 2 amide bonds. The van der Waals surface area contributed by atoms with Gasteiger partial charge >= 0.3 is 0 Å². The van der Waals surface area contributed by atoms with Gasteiger partial charge in [0.05, 0.1) is 0 Å². The molecule has 35 heavy (non-hydrogen) atoms. The van der Waals surface area contributed by atoms with E-state index in [1.165, 1.54) is 0 Å². The van der Waals surface area contributed by atoms with E-state index in [-0.39, 0.29) is 11.8 Å². The molecular weight excluding hydrogens is 460 g/mol. The maximum absolute atomic E-state index is 13.0. The second-order valence-corrected chi connectivity index (χ2v) is 9.44. The molecular formula is C28H27ClN4O2. The predicted octanol–water partition coefficient (Wildman–Crippen LogP) is 5.34. The van der Waals surface area contributed by atoms with Gasteiger partial charge in [-0.2, -0.15) is 0 Å². The van der Waals surface area contributed by atoms with Gasteiger partial charge in [-0.25, -0.2) is 0 Å². The fraction of sp³-hybridized carbons (Fsp3) is 0.214. The van der Waals surface area contributed by atoms with E-state index in [1.54, 1.807) is 0 Å². The van der Waals surface area contributed by atoms with Gasteiger partial charge in [0.15, 0.2) is 0 Å². The number of carbonyl (C=O) groups excluding carboxylic acids is 2. The summed E-state index contributed by atoms with van der Waals surface area (Å²) in [6.45, 7) is 5.74.